The van der Waals surface area contributed by atoms with Crippen molar-refractivity contribution >= 4 is 17.9 Å². The maximum atomic E-state index is 13.8. The van der Waals surface area contributed by atoms with Gasteiger partial charge >= 0.3 is 6.09 Å². The van der Waals surface area contributed by atoms with Gasteiger partial charge in [-0.3, -0.25) is 9.59 Å². The zero-order valence-electron chi connectivity index (χ0n) is 22.0. The summed E-state index contributed by atoms with van der Waals surface area (Å²) >= 11 is 0. The van der Waals surface area contributed by atoms with E-state index in [1.54, 1.807) is 45.9 Å². The Morgan fingerprint density at radius 1 is 1.06 bits per heavy atom. The predicted octanol–water partition coefficient (Wildman–Crippen LogP) is 4.67. The molecule has 0 aliphatic heterocycles. The van der Waals surface area contributed by atoms with Gasteiger partial charge in [-0.25, -0.2) is 4.79 Å². The molecule has 0 fully saturated rings. The summed E-state index contributed by atoms with van der Waals surface area (Å²) in [5.41, 5.74) is -1.14. The van der Waals surface area contributed by atoms with E-state index >= 15 is 0 Å². The molecule has 0 spiro atoms. The van der Waals surface area contributed by atoms with Crippen LogP contribution in [0.5, 0.6) is 5.75 Å². The SMILES string of the molecule is CCCCCNC(=O)C(c1ccccc1O)N(C(=O)C(C)NC(=O)OC(C)(C)C)C(C)(C)CC. The molecule has 192 valence electrons. The predicted molar refractivity (Wildman–Crippen MR) is 133 cm³/mol. The van der Waals surface area contributed by atoms with Crippen LogP contribution in [-0.4, -0.2) is 51.6 Å². The largest absolute Gasteiger partial charge is 0.508 e. The van der Waals surface area contributed by atoms with Gasteiger partial charge in [0.15, 0.2) is 0 Å². The number of aromatic hydroxyl groups is 1. The second-order valence-electron chi connectivity index (χ2n) is 10.2. The monoisotopic (exact) mass is 477 g/mol. The third kappa shape index (κ3) is 8.54. The molecule has 0 saturated heterocycles. The Bertz CT molecular complexity index is 832. The van der Waals surface area contributed by atoms with Crippen LogP contribution >= 0.6 is 0 Å². The Morgan fingerprint density at radius 2 is 1.68 bits per heavy atom. The summed E-state index contributed by atoms with van der Waals surface area (Å²) in [6.45, 7) is 15.0. The highest BCUT2D eigenvalue weighted by Crippen LogP contribution is 2.35. The third-order valence-electron chi connectivity index (χ3n) is 5.68. The van der Waals surface area contributed by atoms with Crippen molar-refractivity contribution in [3.8, 4) is 5.75 Å². The average molecular weight is 478 g/mol. The lowest BCUT2D eigenvalue weighted by Gasteiger charge is -2.44. The third-order valence-corrected chi connectivity index (χ3v) is 5.68. The lowest BCUT2D eigenvalue weighted by Crippen LogP contribution is -2.58. The summed E-state index contributed by atoms with van der Waals surface area (Å²) in [6, 6.07) is 4.49. The van der Waals surface area contributed by atoms with Crippen LogP contribution in [0.4, 0.5) is 4.79 Å². The summed E-state index contributed by atoms with van der Waals surface area (Å²) in [7, 11) is 0. The molecule has 3 N–H and O–H groups in total. The van der Waals surface area contributed by atoms with Gasteiger partial charge < -0.3 is 25.4 Å². The van der Waals surface area contributed by atoms with E-state index in [1.807, 2.05) is 20.8 Å². The van der Waals surface area contributed by atoms with Crippen LogP contribution in [0.1, 0.15) is 92.7 Å². The number of nitrogens with zero attached hydrogens (tertiary/aromatic N) is 1. The second kappa shape index (κ2) is 12.6. The highest BCUT2D eigenvalue weighted by molar-refractivity contribution is 5.92. The number of benzene rings is 1. The van der Waals surface area contributed by atoms with Gasteiger partial charge in [0.2, 0.25) is 11.8 Å². The summed E-state index contributed by atoms with van der Waals surface area (Å²) in [5, 5.41) is 16.1. The number of unbranched alkanes of at least 4 members (excludes halogenated alkanes) is 2. The van der Waals surface area contributed by atoms with Crippen LogP contribution in [-0.2, 0) is 14.3 Å². The van der Waals surface area contributed by atoms with Crippen molar-refractivity contribution in [2.45, 2.75) is 104 Å². The van der Waals surface area contributed by atoms with Gasteiger partial charge in [-0.15, -0.1) is 0 Å². The van der Waals surface area contributed by atoms with Gasteiger partial charge in [0.05, 0.1) is 0 Å². The number of ether oxygens (including phenoxy) is 1. The number of carbonyl (C=O) groups excluding carboxylic acids is 3. The molecule has 1 aromatic carbocycles. The smallest absolute Gasteiger partial charge is 0.408 e. The fourth-order valence-electron chi connectivity index (χ4n) is 3.50. The van der Waals surface area contributed by atoms with Crippen molar-refractivity contribution < 1.29 is 24.2 Å². The lowest BCUT2D eigenvalue weighted by atomic mass is 9.91. The molecule has 0 heterocycles. The Labute approximate surface area is 204 Å². The number of phenolic OH excluding ortho intramolecular Hbond substituents is 1. The van der Waals surface area contributed by atoms with Crippen molar-refractivity contribution in [3.63, 3.8) is 0 Å². The Kier molecular flexibility index (Phi) is 10.9. The molecule has 1 aromatic rings. The highest BCUT2D eigenvalue weighted by atomic mass is 16.6. The highest BCUT2D eigenvalue weighted by Gasteiger charge is 2.42. The molecule has 2 unspecified atom stereocenters. The Hall–Kier alpha value is -2.77. The van der Waals surface area contributed by atoms with E-state index < -0.39 is 35.2 Å². The molecular formula is C26H43N3O5. The molecule has 0 bridgehead atoms. The van der Waals surface area contributed by atoms with E-state index in [1.165, 1.54) is 11.0 Å². The normalized spacial score (nSPS) is 13.5. The molecule has 0 aliphatic rings. The van der Waals surface area contributed by atoms with Crippen molar-refractivity contribution in [1.82, 2.24) is 15.5 Å². The number of phenols is 1. The van der Waals surface area contributed by atoms with E-state index in [0.29, 0.717) is 18.5 Å². The fourth-order valence-corrected chi connectivity index (χ4v) is 3.50. The number of rotatable bonds is 11. The van der Waals surface area contributed by atoms with Gasteiger partial charge in [0.25, 0.3) is 0 Å². The van der Waals surface area contributed by atoms with Crippen molar-refractivity contribution in [2.24, 2.45) is 0 Å². The summed E-state index contributed by atoms with van der Waals surface area (Å²) < 4.78 is 5.30. The molecule has 0 radical (unpaired) electrons. The quantitative estimate of drug-likeness (QED) is 0.401. The first-order valence-electron chi connectivity index (χ1n) is 12.1. The summed E-state index contributed by atoms with van der Waals surface area (Å²) in [4.78, 5) is 41.0. The van der Waals surface area contributed by atoms with E-state index in [9.17, 15) is 19.5 Å². The van der Waals surface area contributed by atoms with Crippen molar-refractivity contribution in [1.29, 1.82) is 0 Å². The van der Waals surface area contributed by atoms with E-state index in [0.717, 1.165) is 19.3 Å². The summed E-state index contributed by atoms with van der Waals surface area (Å²) in [5.74, 6) is -0.903. The minimum atomic E-state index is -1.08. The topological polar surface area (TPSA) is 108 Å². The van der Waals surface area contributed by atoms with Crippen LogP contribution in [0.15, 0.2) is 24.3 Å². The van der Waals surface area contributed by atoms with E-state index in [-0.39, 0.29) is 11.7 Å². The van der Waals surface area contributed by atoms with E-state index in [2.05, 4.69) is 17.6 Å². The molecule has 8 heteroatoms. The molecule has 8 nitrogen and oxygen atoms in total. The molecule has 1 rings (SSSR count). The summed E-state index contributed by atoms with van der Waals surface area (Å²) in [6.07, 6.45) is 2.63. The van der Waals surface area contributed by atoms with Crippen LogP contribution < -0.4 is 10.6 Å². The number of hydrogen-bond donors (Lipinski definition) is 3. The average Bonchev–Trinajstić information content (AvgIpc) is 2.73. The second-order valence-corrected chi connectivity index (χ2v) is 10.2. The van der Waals surface area contributed by atoms with Crippen molar-refractivity contribution in [2.75, 3.05) is 6.54 Å². The number of alkyl carbamates (subject to hydrolysis) is 1. The molecular weight excluding hydrogens is 434 g/mol. The zero-order valence-corrected chi connectivity index (χ0v) is 22.0. The van der Waals surface area contributed by atoms with Crippen LogP contribution in [0.2, 0.25) is 0 Å². The van der Waals surface area contributed by atoms with Crippen LogP contribution in [0, 0.1) is 0 Å². The van der Waals surface area contributed by atoms with E-state index in [4.69, 9.17) is 4.74 Å². The molecule has 34 heavy (non-hydrogen) atoms. The Balaban J connectivity index is 3.40. The number of carbonyl (C=O) groups is 3. The van der Waals surface area contributed by atoms with Gasteiger partial charge in [-0.2, -0.15) is 0 Å². The first kappa shape index (κ1) is 29.3. The number of para-hydroxylation sites is 1. The van der Waals surface area contributed by atoms with Crippen LogP contribution in [0.25, 0.3) is 0 Å². The number of nitrogens with one attached hydrogen (secondary N) is 2. The number of hydrogen-bond acceptors (Lipinski definition) is 5. The molecule has 0 aromatic heterocycles. The van der Waals surface area contributed by atoms with Crippen LogP contribution in [0.3, 0.4) is 0 Å². The van der Waals surface area contributed by atoms with Gasteiger partial charge in [0, 0.05) is 17.6 Å². The van der Waals surface area contributed by atoms with Gasteiger partial charge in [-0.1, -0.05) is 44.9 Å². The standard InChI is InChI=1S/C26H43N3O5/c1-9-11-14-17-27-22(31)21(19-15-12-13-16-20(19)30)29(26(7,8)10-2)23(32)18(3)28-24(33)34-25(4,5)6/h12-13,15-16,18,21,30H,9-11,14,17H2,1-8H3,(H,27,31)(H,28,33). The first-order valence-corrected chi connectivity index (χ1v) is 12.1. The maximum absolute atomic E-state index is 13.8. The molecule has 0 aliphatic carbocycles. The van der Waals surface area contributed by atoms with Gasteiger partial charge in [-0.05, 0) is 60.5 Å². The minimum Gasteiger partial charge on any atom is -0.508 e. The first-order chi connectivity index (χ1) is 15.7. The Morgan fingerprint density at radius 3 is 2.21 bits per heavy atom. The van der Waals surface area contributed by atoms with Crippen molar-refractivity contribution in [3.05, 3.63) is 29.8 Å². The fraction of sp³-hybridized carbons (Fsp3) is 0.654. The van der Waals surface area contributed by atoms with Gasteiger partial charge in [0.1, 0.15) is 23.4 Å². The number of amides is 3. The molecule has 0 saturated carbocycles. The maximum Gasteiger partial charge on any atom is 0.408 e. The molecule has 3 amide bonds. The minimum absolute atomic E-state index is 0.0753. The zero-order chi connectivity index (χ0) is 26.1. The molecule has 2 atom stereocenters. The lowest BCUT2D eigenvalue weighted by molar-refractivity contribution is -0.149.